The van der Waals surface area contributed by atoms with Crippen molar-refractivity contribution in [3.63, 3.8) is 0 Å². The highest BCUT2D eigenvalue weighted by Gasteiger charge is 2.45. The summed E-state index contributed by atoms with van der Waals surface area (Å²) in [6, 6.07) is 31.4. The van der Waals surface area contributed by atoms with Crippen LogP contribution in [0.25, 0.3) is 0 Å². The second-order valence-electron chi connectivity index (χ2n) is 6.56. The fourth-order valence-electron chi connectivity index (χ4n) is 3.50. The molecule has 0 aliphatic heterocycles. The van der Waals surface area contributed by atoms with Gasteiger partial charge in [-0.15, -0.1) is 0 Å². The molecule has 3 aromatic carbocycles. The van der Waals surface area contributed by atoms with Crippen molar-refractivity contribution in [1.29, 1.82) is 0 Å². The summed E-state index contributed by atoms with van der Waals surface area (Å²) in [7, 11) is -0.613. The van der Waals surface area contributed by atoms with E-state index in [1.165, 1.54) is 23.0 Å². The number of rotatable bonds is 7. The van der Waals surface area contributed by atoms with Gasteiger partial charge in [0, 0.05) is 6.92 Å². The molecule has 0 amide bonds. The quantitative estimate of drug-likeness (QED) is 0.197. The number of carbonyl (C=O) groups excluding carboxylic acids is 1. The monoisotopic (exact) mass is 406 g/mol. The zero-order valence-corrected chi connectivity index (χ0v) is 17.6. The van der Waals surface area contributed by atoms with Crippen molar-refractivity contribution in [1.82, 2.24) is 0 Å². The van der Waals surface area contributed by atoms with E-state index >= 15 is 0 Å². The van der Waals surface area contributed by atoms with Gasteiger partial charge in [0.05, 0.1) is 12.6 Å². The van der Waals surface area contributed by atoms with Crippen LogP contribution in [-0.2, 0) is 14.4 Å². The fourth-order valence-corrected chi connectivity index (χ4v) is 7.73. The number of carbonyl (C=O) groups is 1. The lowest BCUT2D eigenvalue weighted by Gasteiger charge is -2.27. The molecule has 0 fully saturated rings. The number of benzene rings is 3. The molecule has 0 saturated carbocycles. The molecule has 0 unspecified atom stereocenters. The highest BCUT2D eigenvalue weighted by molar-refractivity contribution is 7.95. The van der Waals surface area contributed by atoms with Crippen molar-refractivity contribution in [2.45, 2.75) is 13.3 Å². The van der Waals surface area contributed by atoms with E-state index in [1.54, 1.807) is 6.92 Å². The Kier molecular flexibility index (Phi) is 7.15. The van der Waals surface area contributed by atoms with Crippen LogP contribution in [0.3, 0.4) is 0 Å². The molecule has 5 heteroatoms. The zero-order valence-electron chi connectivity index (χ0n) is 16.7. The second kappa shape index (κ2) is 9.99. The van der Waals surface area contributed by atoms with E-state index in [0.29, 0.717) is 6.16 Å². The van der Waals surface area contributed by atoms with E-state index < -0.39 is 7.26 Å². The first kappa shape index (κ1) is 20.8. The topological polar surface area (TPSA) is 47.9 Å². The van der Waals surface area contributed by atoms with Crippen LogP contribution in [-0.4, -0.2) is 25.1 Å². The Labute approximate surface area is 172 Å². The van der Waals surface area contributed by atoms with Gasteiger partial charge >= 0.3 is 5.97 Å². The smallest absolute Gasteiger partial charge is 0.316 e. The molecule has 0 bridgehead atoms. The van der Waals surface area contributed by atoms with Crippen LogP contribution in [0.5, 0.6) is 0 Å². The third-order valence-electron chi connectivity index (χ3n) is 4.72. The molecule has 0 spiro atoms. The molecule has 0 aliphatic carbocycles. The summed E-state index contributed by atoms with van der Waals surface area (Å²) in [6.07, 6.45) is 0.952. The van der Waals surface area contributed by atoms with Gasteiger partial charge < -0.3 is 9.57 Å². The third kappa shape index (κ3) is 4.90. The van der Waals surface area contributed by atoms with E-state index in [1.807, 2.05) is 18.2 Å². The predicted molar refractivity (Wildman–Crippen MR) is 121 cm³/mol. The van der Waals surface area contributed by atoms with Crippen LogP contribution in [0.1, 0.15) is 13.3 Å². The zero-order chi connectivity index (χ0) is 20.5. The summed E-state index contributed by atoms with van der Waals surface area (Å²) in [5.74, 6) is -0.101. The van der Waals surface area contributed by atoms with Gasteiger partial charge in [-0.25, -0.2) is 0 Å². The van der Waals surface area contributed by atoms with Gasteiger partial charge in [-0.2, -0.15) is 0 Å². The fraction of sp³-hybridized carbons (Fsp3) is 0.167. The molecule has 0 radical (unpaired) electrons. The Morgan fingerprint density at radius 2 is 1.21 bits per heavy atom. The van der Waals surface area contributed by atoms with Gasteiger partial charge in [-0.1, -0.05) is 59.8 Å². The van der Waals surface area contributed by atoms with E-state index in [4.69, 9.17) is 4.74 Å². The highest BCUT2D eigenvalue weighted by atomic mass is 31.2. The van der Waals surface area contributed by atoms with Gasteiger partial charge in [0.2, 0.25) is 5.90 Å². The number of nitrogens with zero attached hydrogens (tertiary/aromatic N) is 1. The third-order valence-corrected chi connectivity index (χ3v) is 9.16. The standard InChI is InChI=1S/C24H25NO3P/c1-20(25-27-2)28-24(26)18-19-29(21-12-6-3-7-13-21,22-14-8-4-9-15-22)23-16-10-5-11-17-23/h3-17H,18-19H2,1-2H3/q+1. The number of oxime groups is 1. The van der Waals surface area contributed by atoms with Gasteiger partial charge in [0.1, 0.15) is 30.3 Å². The van der Waals surface area contributed by atoms with Gasteiger partial charge in [-0.05, 0) is 36.4 Å². The molecule has 3 aromatic rings. The van der Waals surface area contributed by atoms with Crippen molar-refractivity contribution in [3.8, 4) is 0 Å². The molecule has 0 heterocycles. The lowest BCUT2D eigenvalue weighted by Crippen LogP contribution is -2.34. The van der Waals surface area contributed by atoms with Crippen molar-refractivity contribution in [2.75, 3.05) is 13.3 Å². The van der Waals surface area contributed by atoms with Gasteiger partial charge in [0.25, 0.3) is 0 Å². The van der Waals surface area contributed by atoms with Crippen LogP contribution >= 0.6 is 7.26 Å². The van der Waals surface area contributed by atoms with Crippen molar-refractivity contribution >= 4 is 35.0 Å². The average molecular weight is 406 g/mol. The lowest BCUT2D eigenvalue weighted by molar-refractivity contribution is -0.135. The molecule has 29 heavy (non-hydrogen) atoms. The van der Waals surface area contributed by atoms with Crippen molar-refractivity contribution in [2.24, 2.45) is 5.16 Å². The Morgan fingerprint density at radius 1 is 0.793 bits per heavy atom. The van der Waals surface area contributed by atoms with E-state index in [0.717, 1.165) is 0 Å². The van der Waals surface area contributed by atoms with Crippen LogP contribution in [0.2, 0.25) is 0 Å². The highest BCUT2D eigenvalue weighted by Crippen LogP contribution is 2.55. The SMILES string of the molecule is CON=C(C)OC(=O)CC[P+](c1ccccc1)(c1ccccc1)c1ccccc1. The number of ether oxygens (including phenoxy) is 1. The summed E-state index contributed by atoms with van der Waals surface area (Å²) < 4.78 is 5.30. The molecule has 0 saturated heterocycles. The average Bonchev–Trinajstić information content (AvgIpc) is 2.76. The minimum Gasteiger partial charge on any atom is -0.408 e. The molecular formula is C24H25NO3P+. The van der Waals surface area contributed by atoms with Crippen LogP contribution in [0.15, 0.2) is 96.2 Å². The van der Waals surface area contributed by atoms with Crippen LogP contribution in [0.4, 0.5) is 0 Å². The van der Waals surface area contributed by atoms with E-state index in [-0.39, 0.29) is 18.3 Å². The summed E-state index contributed by atoms with van der Waals surface area (Å²) in [6.45, 7) is 1.61. The molecule has 0 aliphatic rings. The van der Waals surface area contributed by atoms with Crippen LogP contribution in [0, 0.1) is 0 Å². The maximum atomic E-state index is 12.5. The maximum absolute atomic E-state index is 12.5. The normalized spacial score (nSPS) is 11.7. The van der Waals surface area contributed by atoms with Crippen molar-refractivity contribution < 1.29 is 14.4 Å². The second-order valence-corrected chi connectivity index (χ2v) is 10.2. The minimum atomic E-state index is -2.04. The molecule has 4 nitrogen and oxygen atoms in total. The molecule has 0 N–H and O–H groups in total. The summed E-state index contributed by atoms with van der Waals surface area (Å²) in [4.78, 5) is 17.2. The molecule has 0 aromatic heterocycles. The summed E-state index contributed by atoms with van der Waals surface area (Å²) in [5, 5.41) is 7.40. The van der Waals surface area contributed by atoms with Gasteiger partial charge in [0.15, 0.2) is 0 Å². The predicted octanol–water partition coefficient (Wildman–Crippen LogP) is 3.89. The summed E-state index contributed by atoms with van der Waals surface area (Å²) in [5.41, 5.74) is 0. The molecule has 148 valence electrons. The number of esters is 1. The molecule has 0 atom stereocenters. The first-order chi connectivity index (χ1) is 14.2. The Bertz CT molecular complexity index is 847. The number of hydrogen-bond acceptors (Lipinski definition) is 4. The molecule has 3 rings (SSSR count). The first-order valence-electron chi connectivity index (χ1n) is 9.50. The minimum absolute atomic E-state index is 0.209. The van der Waals surface area contributed by atoms with Gasteiger partial charge in [-0.3, -0.25) is 4.79 Å². The lowest BCUT2D eigenvalue weighted by atomic mass is 10.3. The van der Waals surface area contributed by atoms with Crippen LogP contribution < -0.4 is 15.9 Å². The van der Waals surface area contributed by atoms with E-state index in [2.05, 4.69) is 82.8 Å². The van der Waals surface area contributed by atoms with Crippen molar-refractivity contribution in [3.05, 3.63) is 91.0 Å². The molecular weight excluding hydrogens is 381 g/mol. The Balaban J connectivity index is 2.06. The number of hydrogen-bond donors (Lipinski definition) is 0. The summed E-state index contributed by atoms with van der Waals surface area (Å²) >= 11 is 0. The Hall–Kier alpha value is -2.97. The largest absolute Gasteiger partial charge is 0.408 e. The Morgan fingerprint density at radius 3 is 1.59 bits per heavy atom. The first-order valence-corrected chi connectivity index (χ1v) is 11.5. The van der Waals surface area contributed by atoms with E-state index in [9.17, 15) is 4.79 Å². The maximum Gasteiger partial charge on any atom is 0.316 e.